The summed E-state index contributed by atoms with van der Waals surface area (Å²) in [5.74, 6) is 6.17. The summed E-state index contributed by atoms with van der Waals surface area (Å²) in [5.41, 5.74) is 1.54. The van der Waals surface area contributed by atoms with Crippen molar-refractivity contribution in [1.29, 1.82) is 0 Å². The van der Waals surface area contributed by atoms with Crippen LogP contribution in [0.15, 0.2) is 55.0 Å². The van der Waals surface area contributed by atoms with Gasteiger partial charge in [-0.05, 0) is 49.4 Å². The average Bonchev–Trinajstić information content (AvgIpc) is 3.31. The smallest absolute Gasteiger partial charge is 0.240 e. The van der Waals surface area contributed by atoms with E-state index in [1.807, 2.05) is 24.4 Å². The molecule has 0 aliphatic carbocycles. The van der Waals surface area contributed by atoms with Crippen molar-refractivity contribution in [1.82, 2.24) is 15.0 Å². The summed E-state index contributed by atoms with van der Waals surface area (Å²) < 4.78 is 33.1. The van der Waals surface area contributed by atoms with E-state index < -0.39 is 15.6 Å². The normalized spacial score (nSPS) is 15.7. The van der Waals surface area contributed by atoms with Crippen molar-refractivity contribution in [3.05, 3.63) is 60.6 Å². The van der Waals surface area contributed by atoms with Crippen LogP contribution in [0.2, 0.25) is 0 Å². The molecular formula is C25H24N4O4S. The summed E-state index contributed by atoms with van der Waals surface area (Å²) in [6.07, 6.45) is 4.07. The van der Waals surface area contributed by atoms with Crippen LogP contribution in [-0.2, 0) is 14.8 Å². The van der Waals surface area contributed by atoms with Gasteiger partial charge in [0, 0.05) is 40.9 Å². The molecule has 1 saturated heterocycles. The largest absolute Gasteiger partial charge is 0.381 e. The molecule has 0 spiro atoms. The van der Waals surface area contributed by atoms with Crippen LogP contribution in [0.4, 0.5) is 11.5 Å². The lowest BCUT2D eigenvalue weighted by Crippen LogP contribution is -2.34. The van der Waals surface area contributed by atoms with Crippen molar-refractivity contribution < 1.29 is 18.3 Å². The van der Waals surface area contributed by atoms with Crippen LogP contribution >= 0.6 is 0 Å². The first-order chi connectivity index (χ1) is 16.4. The van der Waals surface area contributed by atoms with Gasteiger partial charge in [0.2, 0.25) is 10.0 Å². The van der Waals surface area contributed by atoms with E-state index in [-0.39, 0.29) is 11.6 Å². The number of hydrogen-bond donors (Lipinski definition) is 2. The molecule has 9 heteroatoms. The summed E-state index contributed by atoms with van der Waals surface area (Å²) >= 11 is 0. The zero-order valence-corrected chi connectivity index (χ0v) is 19.5. The number of aromatic amines is 1. The number of fused-ring (bicyclic) bond motifs is 2. The summed E-state index contributed by atoms with van der Waals surface area (Å²) in [6, 6.07) is 12.7. The SMILES string of the molecule is CCS(=O)(=O)N(c1ccc2[nH]ccc2c1)c1ncnc2ccc(C#CC3(O)CCOCC3)cc12. The minimum Gasteiger partial charge on any atom is -0.381 e. The maximum absolute atomic E-state index is 13.3. The Kier molecular flexibility index (Phi) is 5.73. The summed E-state index contributed by atoms with van der Waals surface area (Å²) in [7, 11) is -3.72. The number of aromatic nitrogens is 3. The van der Waals surface area contributed by atoms with Gasteiger partial charge in [0.25, 0.3) is 0 Å². The summed E-state index contributed by atoms with van der Waals surface area (Å²) in [5, 5.41) is 12.1. The van der Waals surface area contributed by atoms with E-state index in [2.05, 4.69) is 26.8 Å². The van der Waals surface area contributed by atoms with E-state index in [1.165, 1.54) is 10.6 Å². The molecule has 0 bridgehead atoms. The summed E-state index contributed by atoms with van der Waals surface area (Å²) in [6.45, 7) is 2.54. The van der Waals surface area contributed by atoms with Gasteiger partial charge in [-0.15, -0.1) is 0 Å². The fourth-order valence-electron chi connectivity index (χ4n) is 4.02. The van der Waals surface area contributed by atoms with Gasteiger partial charge in [0.1, 0.15) is 11.9 Å². The maximum Gasteiger partial charge on any atom is 0.240 e. The molecule has 1 fully saturated rings. The molecule has 2 aromatic carbocycles. The van der Waals surface area contributed by atoms with E-state index in [0.717, 1.165) is 10.9 Å². The molecule has 0 atom stereocenters. The van der Waals surface area contributed by atoms with Crippen LogP contribution in [0.5, 0.6) is 0 Å². The Labute approximate surface area is 197 Å². The van der Waals surface area contributed by atoms with Crippen molar-refractivity contribution in [2.24, 2.45) is 0 Å². The molecule has 1 aliphatic rings. The highest BCUT2D eigenvalue weighted by molar-refractivity contribution is 7.93. The zero-order valence-electron chi connectivity index (χ0n) is 18.7. The number of benzene rings is 2. The van der Waals surface area contributed by atoms with Crippen molar-refractivity contribution in [3.8, 4) is 11.8 Å². The van der Waals surface area contributed by atoms with E-state index >= 15 is 0 Å². The number of nitrogens with one attached hydrogen (secondary N) is 1. The van der Waals surface area contributed by atoms with Gasteiger partial charge in [-0.2, -0.15) is 0 Å². The van der Waals surface area contributed by atoms with E-state index in [9.17, 15) is 13.5 Å². The van der Waals surface area contributed by atoms with E-state index in [1.54, 1.807) is 31.2 Å². The van der Waals surface area contributed by atoms with E-state index in [4.69, 9.17) is 4.74 Å². The number of nitrogens with zero attached hydrogens (tertiary/aromatic N) is 3. The first-order valence-electron chi connectivity index (χ1n) is 11.1. The van der Waals surface area contributed by atoms with Crippen molar-refractivity contribution in [2.75, 3.05) is 23.3 Å². The van der Waals surface area contributed by atoms with Crippen LogP contribution in [0.3, 0.4) is 0 Å². The molecule has 34 heavy (non-hydrogen) atoms. The molecule has 8 nitrogen and oxygen atoms in total. The Morgan fingerprint density at radius 3 is 2.76 bits per heavy atom. The molecule has 5 rings (SSSR count). The first-order valence-corrected chi connectivity index (χ1v) is 12.7. The molecule has 3 heterocycles. The number of aliphatic hydroxyl groups is 1. The number of H-pyrrole nitrogens is 1. The van der Waals surface area contributed by atoms with Gasteiger partial charge in [0.05, 0.1) is 30.2 Å². The van der Waals surface area contributed by atoms with Crippen molar-refractivity contribution in [2.45, 2.75) is 25.4 Å². The zero-order chi connectivity index (χ0) is 23.8. The van der Waals surface area contributed by atoms with Gasteiger partial charge in [-0.25, -0.2) is 22.7 Å². The number of anilines is 2. The number of rotatable bonds is 4. The fourth-order valence-corrected chi connectivity index (χ4v) is 5.12. The molecular weight excluding hydrogens is 452 g/mol. The quantitative estimate of drug-likeness (QED) is 0.437. The monoisotopic (exact) mass is 476 g/mol. The van der Waals surface area contributed by atoms with Gasteiger partial charge < -0.3 is 14.8 Å². The lowest BCUT2D eigenvalue weighted by molar-refractivity contribution is -0.0261. The molecule has 0 radical (unpaired) electrons. The second-order valence-corrected chi connectivity index (χ2v) is 10.3. The lowest BCUT2D eigenvalue weighted by atomic mass is 9.95. The third-order valence-corrected chi connectivity index (χ3v) is 7.65. The van der Waals surface area contributed by atoms with Gasteiger partial charge in [0.15, 0.2) is 5.82 Å². The second kappa shape index (κ2) is 8.72. The topological polar surface area (TPSA) is 108 Å². The van der Waals surface area contributed by atoms with Crippen molar-refractivity contribution in [3.63, 3.8) is 0 Å². The molecule has 0 unspecified atom stereocenters. The van der Waals surface area contributed by atoms with Crippen LogP contribution in [0.25, 0.3) is 21.8 Å². The predicted molar refractivity (Wildman–Crippen MR) is 131 cm³/mol. The third-order valence-electron chi connectivity index (χ3n) is 5.98. The number of hydrogen-bond acceptors (Lipinski definition) is 6. The minimum atomic E-state index is -3.72. The summed E-state index contributed by atoms with van der Waals surface area (Å²) in [4.78, 5) is 11.8. The van der Waals surface area contributed by atoms with E-state index in [0.29, 0.717) is 48.2 Å². The van der Waals surface area contributed by atoms with Crippen LogP contribution < -0.4 is 4.31 Å². The number of sulfonamides is 1. The Bertz CT molecular complexity index is 1530. The Balaban J connectivity index is 1.65. The third kappa shape index (κ3) is 4.23. The molecule has 1 aliphatic heterocycles. The van der Waals surface area contributed by atoms with Crippen LogP contribution in [0.1, 0.15) is 25.3 Å². The highest BCUT2D eigenvalue weighted by atomic mass is 32.2. The second-order valence-electron chi connectivity index (χ2n) is 8.24. The minimum absolute atomic E-state index is 0.0989. The van der Waals surface area contributed by atoms with Crippen molar-refractivity contribution >= 4 is 43.3 Å². The Morgan fingerprint density at radius 1 is 1.15 bits per heavy atom. The van der Waals surface area contributed by atoms with Gasteiger partial charge >= 0.3 is 0 Å². The molecule has 174 valence electrons. The first kappa shape index (κ1) is 22.3. The Hall–Kier alpha value is -3.45. The molecule has 0 amide bonds. The molecule has 2 N–H and O–H groups in total. The Morgan fingerprint density at radius 2 is 1.97 bits per heavy atom. The molecule has 0 saturated carbocycles. The molecule has 2 aromatic heterocycles. The fraction of sp³-hybridized carbons (Fsp3) is 0.280. The lowest BCUT2D eigenvalue weighted by Gasteiger charge is -2.26. The average molecular weight is 477 g/mol. The van der Waals surface area contributed by atoms with Gasteiger partial charge in [-0.1, -0.05) is 11.8 Å². The van der Waals surface area contributed by atoms with Crippen LogP contribution in [-0.4, -0.2) is 53.0 Å². The predicted octanol–water partition coefficient (Wildman–Crippen LogP) is 3.49. The van der Waals surface area contributed by atoms with Gasteiger partial charge in [-0.3, -0.25) is 0 Å². The van der Waals surface area contributed by atoms with Crippen LogP contribution in [0, 0.1) is 11.8 Å². The maximum atomic E-state index is 13.3. The highest BCUT2D eigenvalue weighted by Crippen LogP contribution is 2.34. The molecule has 4 aromatic rings. The highest BCUT2D eigenvalue weighted by Gasteiger charge is 2.28. The number of ether oxygens (including phenoxy) is 1. The standard InChI is InChI=1S/C25H24N4O4S/c1-2-34(31,32)29(20-4-6-22-19(16-20)8-12-26-22)24-21-15-18(3-5-23(21)27-17-28-24)7-9-25(30)10-13-33-14-11-25/h3-6,8,12,15-17,26,30H,2,10-11,13-14H2,1H3.